The Bertz CT molecular complexity index is 892. The van der Waals surface area contributed by atoms with Crippen molar-refractivity contribution in [3.63, 3.8) is 0 Å². The van der Waals surface area contributed by atoms with Crippen LogP contribution in [0.2, 0.25) is 0 Å². The maximum absolute atomic E-state index is 12.4. The van der Waals surface area contributed by atoms with E-state index in [1.165, 1.54) is 25.6 Å². The van der Waals surface area contributed by atoms with Crippen molar-refractivity contribution in [1.29, 1.82) is 0 Å². The summed E-state index contributed by atoms with van der Waals surface area (Å²) in [5, 5.41) is 3.22. The van der Waals surface area contributed by atoms with Gasteiger partial charge in [0.15, 0.2) is 0 Å². The van der Waals surface area contributed by atoms with Crippen LogP contribution >= 0.6 is 11.3 Å². The van der Waals surface area contributed by atoms with E-state index in [1.54, 1.807) is 0 Å². The summed E-state index contributed by atoms with van der Waals surface area (Å²) in [7, 11) is 2.60. The minimum atomic E-state index is -0.569. The second kappa shape index (κ2) is 9.56. The molecule has 7 nitrogen and oxygen atoms in total. The molecule has 1 amide bonds. The Balaban J connectivity index is 1.65. The van der Waals surface area contributed by atoms with Gasteiger partial charge < -0.3 is 19.5 Å². The second-order valence-corrected chi connectivity index (χ2v) is 7.67. The highest BCUT2D eigenvalue weighted by Crippen LogP contribution is 2.45. The predicted octanol–water partition coefficient (Wildman–Crippen LogP) is 3.54. The van der Waals surface area contributed by atoms with E-state index >= 15 is 0 Å². The van der Waals surface area contributed by atoms with Crippen LogP contribution in [0.4, 0.5) is 5.00 Å². The quantitative estimate of drug-likeness (QED) is 0.522. The number of fused-ring (bicyclic) bond motifs is 1. The molecule has 29 heavy (non-hydrogen) atoms. The van der Waals surface area contributed by atoms with Gasteiger partial charge in [-0.2, -0.15) is 0 Å². The fourth-order valence-corrected chi connectivity index (χ4v) is 4.65. The number of nitrogens with one attached hydrogen (secondary N) is 1. The van der Waals surface area contributed by atoms with Gasteiger partial charge in [0, 0.05) is 11.3 Å². The number of esters is 2. The van der Waals surface area contributed by atoms with Crippen LogP contribution in [0.1, 0.15) is 46.0 Å². The first-order valence-electron chi connectivity index (χ1n) is 9.34. The van der Waals surface area contributed by atoms with Gasteiger partial charge in [0.1, 0.15) is 10.8 Å². The van der Waals surface area contributed by atoms with Crippen LogP contribution in [-0.4, -0.2) is 38.7 Å². The molecule has 0 saturated heterocycles. The number of ether oxygens (including phenoxy) is 3. The number of amides is 1. The van der Waals surface area contributed by atoms with Crippen LogP contribution in [-0.2, 0) is 25.5 Å². The second-order valence-electron chi connectivity index (χ2n) is 6.56. The van der Waals surface area contributed by atoms with E-state index in [9.17, 15) is 14.4 Å². The molecule has 0 radical (unpaired) electrons. The Morgan fingerprint density at radius 1 is 1.14 bits per heavy atom. The fraction of sp³-hybridized carbons (Fsp3) is 0.381. The molecule has 1 aliphatic carbocycles. The van der Waals surface area contributed by atoms with Crippen molar-refractivity contribution in [1.82, 2.24) is 0 Å². The zero-order chi connectivity index (χ0) is 20.8. The number of aryl methyl sites for hydroxylation is 1. The third kappa shape index (κ3) is 4.76. The van der Waals surface area contributed by atoms with Gasteiger partial charge in [0.2, 0.25) is 5.91 Å². The first-order chi connectivity index (χ1) is 14.0. The van der Waals surface area contributed by atoms with E-state index < -0.39 is 11.9 Å². The van der Waals surface area contributed by atoms with Crippen molar-refractivity contribution < 1.29 is 28.6 Å². The summed E-state index contributed by atoms with van der Waals surface area (Å²) < 4.78 is 15.3. The lowest BCUT2D eigenvalue weighted by atomic mass is 9.99. The highest BCUT2D eigenvalue weighted by atomic mass is 32.1. The van der Waals surface area contributed by atoms with Crippen LogP contribution < -0.4 is 10.1 Å². The number of carbonyl (C=O) groups excluding carboxylic acids is 3. The topological polar surface area (TPSA) is 90.9 Å². The molecule has 154 valence electrons. The van der Waals surface area contributed by atoms with Crippen molar-refractivity contribution in [2.45, 2.75) is 31.6 Å². The van der Waals surface area contributed by atoms with Crippen molar-refractivity contribution in [2.75, 3.05) is 26.1 Å². The molecule has 3 rings (SSSR count). The van der Waals surface area contributed by atoms with Crippen molar-refractivity contribution >= 4 is 34.2 Å². The molecule has 1 aromatic heterocycles. The minimum absolute atomic E-state index is 0.221. The van der Waals surface area contributed by atoms with Gasteiger partial charge in [0.25, 0.3) is 0 Å². The van der Waals surface area contributed by atoms with Gasteiger partial charge in [-0.1, -0.05) is 18.2 Å². The molecule has 0 saturated carbocycles. The zero-order valence-corrected chi connectivity index (χ0v) is 17.2. The molecule has 0 bridgehead atoms. The van der Waals surface area contributed by atoms with Crippen LogP contribution in [0.25, 0.3) is 0 Å². The predicted molar refractivity (Wildman–Crippen MR) is 109 cm³/mol. The molecule has 1 N–H and O–H groups in total. The monoisotopic (exact) mass is 417 g/mol. The normalized spacial score (nSPS) is 14.8. The van der Waals surface area contributed by atoms with Crippen LogP contribution in [0.15, 0.2) is 30.3 Å². The number of carbonyl (C=O) groups is 3. The summed E-state index contributed by atoms with van der Waals surface area (Å²) in [5.41, 5.74) is 0.880. The lowest BCUT2D eigenvalue weighted by Gasteiger charge is -2.12. The summed E-state index contributed by atoms with van der Waals surface area (Å²) in [6.07, 6.45) is 2.02. The molecule has 8 heteroatoms. The molecule has 1 atom stereocenters. The summed E-state index contributed by atoms with van der Waals surface area (Å²) in [6, 6.07) is 9.38. The van der Waals surface area contributed by atoms with Crippen LogP contribution in [0.5, 0.6) is 5.75 Å². The van der Waals surface area contributed by atoms with Gasteiger partial charge in [-0.25, -0.2) is 4.79 Å². The molecule has 1 aliphatic rings. The van der Waals surface area contributed by atoms with Crippen molar-refractivity contribution in [3.05, 3.63) is 46.3 Å². The van der Waals surface area contributed by atoms with Crippen molar-refractivity contribution in [3.8, 4) is 5.75 Å². The van der Waals surface area contributed by atoms with Crippen LogP contribution in [0, 0.1) is 0 Å². The van der Waals surface area contributed by atoms with Gasteiger partial charge in [-0.05, 0) is 37.0 Å². The lowest BCUT2D eigenvalue weighted by molar-refractivity contribution is -0.142. The third-order valence-electron chi connectivity index (χ3n) is 4.72. The van der Waals surface area contributed by atoms with Gasteiger partial charge in [-0.15, -0.1) is 11.3 Å². The van der Waals surface area contributed by atoms with Crippen molar-refractivity contribution in [2.24, 2.45) is 0 Å². The number of hydrogen-bond donors (Lipinski definition) is 1. The van der Waals surface area contributed by atoms with Gasteiger partial charge >= 0.3 is 11.9 Å². The first-order valence-corrected chi connectivity index (χ1v) is 10.2. The van der Waals surface area contributed by atoms with E-state index in [2.05, 4.69) is 5.32 Å². The maximum Gasteiger partial charge on any atom is 0.341 e. The van der Waals surface area contributed by atoms with E-state index in [-0.39, 0.29) is 23.9 Å². The Morgan fingerprint density at radius 3 is 2.59 bits per heavy atom. The van der Waals surface area contributed by atoms with E-state index in [0.29, 0.717) is 36.4 Å². The summed E-state index contributed by atoms with van der Waals surface area (Å²) in [6.45, 7) is 0.409. The Hall–Kier alpha value is -2.87. The van der Waals surface area contributed by atoms with Gasteiger partial charge in [-0.3, -0.25) is 9.59 Å². The number of rotatable bonds is 8. The average Bonchev–Trinajstić information content (AvgIpc) is 3.29. The molecular weight excluding hydrogens is 394 g/mol. The number of anilines is 1. The zero-order valence-electron chi connectivity index (χ0n) is 16.4. The largest absolute Gasteiger partial charge is 0.494 e. The Kier molecular flexibility index (Phi) is 6.87. The standard InChI is InChI=1S/C21H23NO6S/c1-26-20(24)14-10-11-15-17(14)18(21(25)27-2)19(29-15)22-16(23)9-6-12-28-13-7-4-3-5-8-13/h3-5,7-8,14H,6,9-12H2,1-2H3,(H,22,23)/t14-/m1/s1. The minimum Gasteiger partial charge on any atom is -0.494 e. The van der Waals surface area contributed by atoms with E-state index in [0.717, 1.165) is 10.6 Å². The molecule has 1 heterocycles. The third-order valence-corrected chi connectivity index (χ3v) is 5.90. The number of hydrogen-bond acceptors (Lipinski definition) is 7. The Morgan fingerprint density at radius 2 is 1.90 bits per heavy atom. The summed E-state index contributed by atoms with van der Waals surface area (Å²) in [4.78, 5) is 37.8. The molecule has 1 aromatic carbocycles. The maximum atomic E-state index is 12.4. The highest BCUT2D eigenvalue weighted by Gasteiger charge is 2.38. The van der Waals surface area contributed by atoms with Crippen LogP contribution in [0.3, 0.4) is 0 Å². The molecule has 0 unspecified atom stereocenters. The molecule has 0 aliphatic heterocycles. The van der Waals surface area contributed by atoms with E-state index in [1.807, 2.05) is 30.3 Å². The highest BCUT2D eigenvalue weighted by molar-refractivity contribution is 7.17. The molecule has 0 fully saturated rings. The average molecular weight is 417 g/mol. The number of para-hydroxylation sites is 1. The number of benzene rings is 1. The summed E-state index contributed by atoms with van der Waals surface area (Å²) in [5.74, 6) is -0.931. The molecular formula is C21H23NO6S. The fourth-order valence-electron chi connectivity index (χ4n) is 3.36. The first kappa shape index (κ1) is 20.9. The van der Waals surface area contributed by atoms with E-state index in [4.69, 9.17) is 14.2 Å². The SMILES string of the molecule is COC(=O)c1c(NC(=O)CCCOc2ccccc2)sc2c1[C@H](C(=O)OC)CC2. The van der Waals surface area contributed by atoms with Gasteiger partial charge in [0.05, 0.1) is 32.3 Å². The molecule has 2 aromatic rings. The summed E-state index contributed by atoms with van der Waals surface area (Å²) >= 11 is 1.32. The number of methoxy groups -OCH3 is 2. The molecule has 0 spiro atoms. The lowest BCUT2D eigenvalue weighted by Crippen LogP contribution is -2.18. The smallest absolute Gasteiger partial charge is 0.341 e. The number of thiophene rings is 1. The Labute approximate surface area is 173 Å².